The van der Waals surface area contributed by atoms with Crippen LogP contribution in [-0.2, 0) is 21.5 Å². The van der Waals surface area contributed by atoms with E-state index in [1.165, 1.54) is 0 Å². The van der Waals surface area contributed by atoms with E-state index in [2.05, 4.69) is 5.32 Å². The number of rotatable bonds is 4. The lowest BCUT2D eigenvalue weighted by Crippen LogP contribution is -2.59. The molecule has 2 amide bonds. The lowest BCUT2D eigenvalue weighted by atomic mass is 9.87. The number of amides is 2. The molecule has 2 aliphatic rings. The second-order valence-corrected chi connectivity index (χ2v) is 7.78. The van der Waals surface area contributed by atoms with E-state index in [1.807, 2.05) is 49.4 Å². The number of nitrogens with one attached hydrogen (secondary N) is 1. The molecule has 1 fully saturated rings. The normalized spacial score (nSPS) is 17.4. The zero-order valence-corrected chi connectivity index (χ0v) is 16.6. The van der Waals surface area contributed by atoms with Crippen molar-refractivity contribution in [1.29, 1.82) is 0 Å². The van der Waals surface area contributed by atoms with Crippen molar-refractivity contribution in [2.45, 2.75) is 31.7 Å². The lowest BCUT2D eigenvalue weighted by Gasteiger charge is -2.42. The Balaban J connectivity index is 1.64. The number of ether oxygens (including phenoxy) is 1. The van der Waals surface area contributed by atoms with Crippen LogP contribution in [0.2, 0.25) is 5.02 Å². The Hall–Kier alpha value is -2.37. The van der Waals surface area contributed by atoms with E-state index in [1.54, 1.807) is 4.90 Å². The van der Waals surface area contributed by atoms with Gasteiger partial charge in [0.05, 0.1) is 13.2 Å². The minimum atomic E-state index is -0.544. The number of anilines is 1. The third-order valence-corrected chi connectivity index (χ3v) is 5.80. The highest BCUT2D eigenvalue weighted by Gasteiger charge is 2.42. The van der Waals surface area contributed by atoms with Crippen LogP contribution in [0.25, 0.3) is 0 Å². The van der Waals surface area contributed by atoms with Gasteiger partial charge < -0.3 is 15.0 Å². The molecule has 6 heteroatoms. The first-order valence-electron chi connectivity index (χ1n) is 9.62. The summed E-state index contributed by atoms with van der Waals surface area (Å²) in [5.41, 5.74) is 2.86. The van der Waals surface area contributed by atoms with Crippen LogP contribution in [0.3, 0.4) is 0 Å². The van der Waals surface area contributed by atoms with Crippen LogP contribution in [0, 0.1) is 0 Å². The van der Waals surface area contributed by atoms with Crippen molar-refractivity contribution in [2.24, 2.45) is 0 Å². The molecule has 2 heterocycles. The van der Waals surface area contributed by atoms with Gasteiger partial charge in [0.2, 0.25) is 5.91 Å². The molecule has 146 valence electrons. The first-order valence-corrected chi connectivity index (χ1v) is 10.0. The molecule has 5 nitrogen and oxygen atoms in total. The second-order valence-electron chi connectivity index (χ2n) is 7.34. The summed E-state index contributed by atoms with van der Waals surface area (Å²) < 4.78 is 5.43. The number of nitrogens with zero attached hydrogens (tertiary/aromatic N) is 1. The SMILES string of the molecule is CCC(=O)N1CCCc2c(C(=O)NC3(c4ccc(Cl)cc4)COC3)cccc21. The molecule has 0 unspecified atom stereocenters. The van der Waals surface area contributed by atoms with Crippen LogP contribution in [0.1, 0.15) is 41.3 Å². The highest BCUT2D eigenvalue weighted by atomic mass is 35.5. The number of hydrogen-bond acceptors (Lipinski definition) is 3. The molecule has 0 spiro atoms. The van der Waals surface area contributed by atoms with Crippen molar-refractivity contribution in [3.8, 4) is 0 Å². The van der Waals surface area contributed by atoms with E-state index in [-0.39, 0.29) is 11.8 Å². The molecule has 0 bridgehead atoms. The number of carbonyl (C=O) groups is 2. The number of hydrogen-bond donors (Lipinski definition) is 1. The van der Waals surface area contributed by atoms with Crippen LogP contribution < -0.4 is 10.2 Å². The van der Waals surface area contributed by atoms with Gasteiger partial charge in [0, 0.05) is 29.2 Å². The van der Waals surface area contributed by atoms with E-state index in [4.69, 9.17) is 16.3 Å². The van der Waals surface area contributed by atoms with Crippen molar-refractivity contribution in [2.75, 3.05) is 24.7 Å². The van der Waals surface area contributed by atoms with Gasteiger partial charge in [0.25, 0.3) is 5.91 Å². The van der Waals surface area contributed by atoms with Gasteiger partial charge in [-0.3, -0.25) is 9.59 Å². The Morgan fingerprint density at radius 1 is 1.18 bits per heavy atom. The second kappa shape index (κ2) is 7.57. The van der Waals surface area contributed by atoms with E-state index in [0.29, 0.717) is 36.8 Å². The quantitative estimate of drug-likeness (QED) is 0.854. The van der Waals surface area contributed by atoms with Crippen LogP contribution in [0.15, 0.2) is 42.5 Å². The molecule has 2 aromatic carbocycles. The monoisotopic (exact) mass is 398 g/mol. The zero-order valence-electron chi connectivity index (χ0n) is 15.8. The summed E-state index contributed by atoms with van der Waals surface area (Å²) in [6, 6.07) is 13.1. The van der Waals surface area contributed by atoms with E-state index >= 15 is 0 Å². The number of halogens is 1. The first-order chi connectivity index (χ1) is 13.5. The summed E-state index contributed by atoms with van der Waals surface area (Å²) in [5.74, 6) is -0.0515. The molecule has 1 saturated heterocycles. The standard InChI is InChI=1S/C22H23ClN2O3/c1-2-20(26)25-12-4-6-17-18(5-3-7-19(17)25)21(27)24-22(13-28-14-22)15-8-10-16(23)11-9-15/h3,5,7-11H,2,4,6,12-14H2,1H3,(H,24,27). The Labute approximate surface area is 169 Å². The van der Waals surface area contributed by atoms with Crippen LogP contribution in [-0.4, -0.2) is 31.6 Å². The average Bonchev–Trinajstić information content (AvgIpc) is 2.69. The van der Waals surface area contributed by atoms with Gasteiger partial charge in [-0.2, -0.15) is 0 Å². The van der Waals surface area contributed by atoms with Gasteiger partial charge in [-0.15, -0.1) is 0 Å². The molecular weight excluding hydrogens is 376 g/mol. The molecule has 4 rings (SSSR count). The summed E-state index contributed by atoms with van der Waals surface area (Å²) in [7, 11) is 0. The molecule has 1 N–H and O–H groups in total. The molecule has 0 aromatic heterocycles. The minimum absolute atomic E-state index is 0.0866. The Kier molecular flexibility index (Phi) is 5.13. The maximum absolute atomic E-state index is 13.2. The number of benzene rings is 2. The van der Waals surface area contributed by atoms with Gasteiger partial charge in [-0.1, -0.05) is 36.7 Å². The van der Waals surface area contributed by atoms with Crippen molar-refractivity contribution in [1.82, 2.24) is 5.32 Å². The first kappa shape index (κ1) is 19.0. The largest absolute Gasteiger partial charge is 0.376 e. The predicted molar refractivity (Wildman–Crippen MR) is 109 cm³/mol. The average molecular weight is 399 g/mol. The molecule has 28 heavy (non-hydrogen) atoms. The Morgan fingerprint density at radius 3 is 2.57 bits per heavy atom. The van der Waals surface area contributed by atoms with Gasteiger partial charge in [0.15, 0.2) is 0 Å². The van der Waals surface area contributed by atoms with Crippen LogP contribution in [0.5, 0.6) is 0 Å². The summed E-state index contributed by atoms with van der Waals surface area (Å²) in [6.07, 6.45) is 2.10. The smallest absolute Gasteiger partial charge is 0.252 e. The molecule has 0 atom stereocenters. The molecule has 0 aliphatic carbocycles. The number of fused-ring (bicyclic) bond motifs is 1. The molecular formula is C22H23ClN2O3. The van der Waals surface area contributed by atoms with Crippen LogP contribution in [0.4, 0.5) is 5.69 Å². The van der Waals surface area contributed by atoms with Gasteiger partial charge in [0.1, 0.15) is 5.54 Å². The summed E-state index contributed by atoms with van der Waals surface area (Å²) in [5, 5.41) is 3.84. The van der Waals surface area contributed by atoms with Crippen molar-refractivity contribution < 1.29 is 14.3 Å². The number of carbonyl (C=O) groups excluding carboxylic acids is 2. The molecule has 2 aromatic rings. The summed E-state index contributed by atoms with van der Waals surface area (Å²) in [4.78, 5) is 27.3. The van der Waals surface area contributed by atoms with E-state index < -0.39 is 5.54 Å². The topological polar surface area (TPSA) is 58.6 Å². The summed E-state index contributed by atoms with van der Waals surface area (Å²) in [6.45, 7) is 3.42. The maximum Gasteiger partial charge on any atom is 0.252 e. The highest BCUT2D eigenvalue weighted by molar-refractivity contribution is 6.30. The van der Waals surface area contributed by atoms with E-state index in [0.717, 1.165) is 29.7 Å². The molecule has 0 radical (unpaired) electrons. The molecule has 0 saturated carbocycles. The minimum Gasteiger partial charge on any atom is -0.376 e. The van der Waals surface area contributed by atoms with Crippen LogP contribution >= 0.6 is 11.6 Å². The lowest BCUT2D eigenvalue weighted by molar-refractivity contribution is -0.118. The van der Waals surface area contributed by atoms with Crippen molar-refractivity contribution in [3.63, 3.8) is 0 Å². The third kappa shape index (κ3) is 3.29. The van der Waals surface area contributed by atoms with E-state index in [9.17, 15) is 9.59 Å². The Morgan fingerprint density at radius 2 is 1.93 bits per heavy atom. The Bertz CT molecular complexity index is 906. The fraction of sp³-hybridized carbons (Fsp3) is 0.364. The summed E-state index contributed by atoms with van der Waals surface area (Å²) >= 11 is 6.00. The van der Waals surface area contributed by atoms with Crippen molar-refractivity contribution >= 4 is 29.1 Å². The zero-order chi connectivity index (χ0) is 19.7. The third-order valence-electron chi connectivity index (χ3n) is 5.55. The van der Waals surface area contributed by atoms with Gasteiger partial charge in [-0.05, 0) is 48.2 Å². The predicted octanol–water partition coefficient (Wildman–Crippen LogP) is 3.68. The maximum atomic E-state index is 13.2. The van der Waals surface area contributed by atoms with Crippen molar-refractivity contribution in [3.05, 3.63) is 64.2 Å². The van der Waals surface area contributed by atoms with Gasteiger partial charge in [-0.25, -0.2) is 0 Å². The molecule has 2 aliphatic heterocycles. The van der Waals surface area contributed by atoms with Gasteiger partial charge >= 0.3 is 0 Å². The fourth-order valence-electron chi connectivity index (χ4n) is 3.96. The fourth-order valence-corrected chi connectivity index (χ4v) is 4.08. The highest BCUT2D eigenvalue weighted by Crippen LogP contribution is 2.33.